The van der Waals surface area contributed by atoms with Crippen LogP contribution in [0.25, 0.3) is 0 Å². The molecule has 4 nitrogen and oxygen atoms in total. The molecular formula is C17H21N3OS. The first-order valence-electron chi connectivity index (χ1n) is 7.50. The molecule has 5 heteroatoms. The van der Waals surface area contributed by atoms with Crippen LogP contribution in [0.15, 0.2) is 41.8 Å². The van der Waals surface area contributed by atoms with E-state index in [2.05, 4.69) is 34.1 Å². The number of anilines is 2. The van der Waals surface area contributed by atoms with Crippen molar-refractivity contribution >= 4 is 28.6 Å². The van der Waals surface area contributed by atoms with Gasteiger partial charge in [-0.2, -0.15) is 0 Å². The van der Waals surface area contributed by atoms with E-state index in [1.54, 1.807) is 0 Å². The van der Waals surface area contributed by atoms with Crippen molar-refractivity contribution in [2.24, 2.45) is 0 Å². The van der Waals surface area contributed by atoms with E-state index in [0.29, 0.717) is 0 Å². The summed E-state index contributed by atoms with van der Waals surface area (Å²) in [6.07, 6.45) is 0. The molecule has 0 N–H and O–H groups in total. The Morgan fingerprint density at radius 1 is 1.05 bits per heavy atom. The number of benzene rings is 1. The van der Waals surface area contributed by atoms with Crippen molar-refractivity contribution in [1.82, 2.24) is 4.90 Å². The quantitative estimate of drug-likeness (QED) is 0.871. The number of rotatable bonds is 3. The summed E-state index contributed by atoms with van der Waals surface area (Å²) in [5, 5.41) is 1.95. The molecule has 22 heavy (non-hydrogen) atoms. The molecule has 0 bridgehead atoms. The second kappa shape index (κ2) is 6.40. The highest BCUT2D eigenvalue weighted by atomic mass is 32.1. The van der Waals surface area contributed by atoms with Crippen LogP contribution in [-0.2, 0) is 0 Å². The van der Waals surface area contributed by atoms with Gasteiger partial charge in [0, 0.05) is 51.6 Å². The van der Waals surface area contributed by atoms with Crippen LogP contribution in [0.1, 0.15) is 9.67 Å². The molecular weight excluding hydrogens is 294 g/mol. The van der Waals surface area contributed by atoms with Crippen molar-refractivity contribution in [3.63, 3.8) is 0 Å². The first-order valence-corrected chi connectivity index (χ1v) is 8.38. The van der Waals surface area contributed by atoms with Crippen molar-refractivity contribution < 1.29 is 4.79 Å². The number of carbonyl (C=O) groups excluding carboxylic acids is 1. The lowest BCUT2D eigenvalue weighted by Crippen LogP contribution is -2.48. The van der Waals surface area contributed by atoms with Gasteiger partial charge in [0.1, 0.15) is 0 Å². The van der Waals surface area contributed by atoms with Crippen molar-refractivity contribution in [2.75, 3.05) is 50.1 Å². The number of thiophene rings is 1. The zero-order valence-electron chi connectivity index (χ0n) is 13.0. The van der Waals surface area contributed by atoms with Crippen LogP contribution < -0.4 is 9.80 Å². The van der Waals surface area contributed by atoms with E-state index in [0.717, 1.165) is 31.1 Å². The van der Waals surface area contributed by atoms with Gasteiger partial charge in [-0.15, -0.1) is 11.3 Å². The number of carbonyl (C=O) groups is 1. The largest absolute Gasteiger partial charge is 0.378 e. The molecule has 1 aromatic heterocycles. The summed E-state index contributed by atoms with van der Waals surface area (Å²) in [6.45, 7) is 3.34. The molecule has 1 fully saturated rings. The summed E-state index contributed by atoms with van der Waals surface area (Å²) in [6, 6.07) is 12.4. The lowest BCUT2D eigenvalue weighted by atomic mass is 10.2. The summed E-state index contributed by atoms with van der Waals surface area (Å²) in [4.78, 5) is 19.6. The maximum Gasteiger partial charge on any atom is 0.264 e. The zero-order chi connectivity index (χ0) is 15.5. The van der Waals surface area contributed by atoms with Crippen LogP contribution in [0.4, 0.5) is 11.4 Å². The molecule has 2 aromatic rings. The molecule has 0 saturated carbocycles. The minimum absolute atomic E-state index is 0.164. The van der Waals surface area contributed by atoms with Gasteiger partial charge in [-0.1, -0.05) is 6.07 Å². The van der Waals surface area contributed by atoms with Gasteiger partial charge in [0.05, 0.1) is 4.88 Å². The number of amides is 1. The molecule has 0 spiro atoms. The van der Waals surface area contributed by atoms with Gasteiger partial charge in [-0.3, -0.25) is 4.79 Å². The third kappa shape index (κ3) is 3.09. The predicted molar refractivity (Wildman–Crippen MR) is 93.2 cm³/mol. The van der Waals surface area contributed by atoms with E-state index in [4.69, 9.17) is 0 Å². The van der Waals surface area contributed by atoms with E-state index in [-0.39, 0.29) is 5.91 Å². The summed E-state index contributed by atoms with van der Waals surface area (Å²) in [7, 11) is 4.09. The average Bonchev–Trinajstić information content (AvgIpc) is 3.09. The first-order chi connectivity index (χ1) is 10.6. The lowest BCUT2D eigenvalue weighted by Gasteiger charge is -2.36. The molecule has 3 rings (SSSR count). The van der Waals surface area contributed by atoms with Gasteiger partial charge in [0.15, 0.2) is 0 Å². The second-order valence-electron chi connectivity index (χ2n) is 5.67. The fraction of sp³-hybridized carbons (Fsp3) is 0.353. The normalized spacial score (nSPS) is 15.0. The third-order valence-corrected chi connectivity index (χ3v) is 4.89. The fourth-order valence-corrected chi connectivity index (χ4v) is 3.38. The maximum absolute atomic E-state index is 12.3. The monoisotopic (exact) mass is 315 g/mol. The average molecular weight is 315 g/mol. The van der Waals surface area contributed by atoms with Gasteiger partial charge < -0.3 is 14.7 Å². The highest BCUT2D eigenvalue weighted by Gasteiger charge is 2.22. The Morgan fingerprint density at radius 3 is 2.27 bits per heavy atom. The first kappa shape index (κ1) is 14.9. The molecule has 1 aromatic carbocycles. The third-order valence-electron chi connectivity index (χ3n) is 4.03. The van der Waals surface area contributed by atoms with Gasteiger partial charge in [-0.25, -0.2) is 0 Å². The zero-order valence-corrected chi connectivity index (χ0v) is 13.8. The Morgan fingerprint density at radius 2 is 1.73 bits per heavy atom. The molecule has 1 aliphatic heterocycles. The molecule has 0 radical (unpaired) electrons. The van der Waals surface area contributed by atoms with Gasteiger partial charge in [0.2, 0.25) is 0 Å². The Kier molecular flexibility index (Phi) is 4.34. The van der Waals surface area contributed by atoms with E-state index in [1.165, 1.54) is 22.7 Å². The smallest absolute Gasteiger partial charge is 0.264 e. The fourth-order valence-electron chi connectivity index (χ4n) is 2.69. The molecule has 1 amide bonds. The van der Waals surface area contributed by atoms with Gasteiger partial charge >= 0.3 is 0 Å². The minimum atomic E-state index is 0.164. The highest BCUT2D eigenvalue weighted by Crippen LogP contribution is 2.21. The summed E-state index contributed by atoms with van der Waals surface area (Å²) in [5.74, 6) is 0.164. The van der Waals surface area contributed by atoms with Crippen LogP contribution in [0, 0.1) is 0 Å². The second-order valence-corrected chi connectivity index (χ2v) is 6.62. The number of hydrogen-bond acceptors (Lipinski definition) is 4. The number of nitrogens with zero attached hydrogens (tertiary/aromatic N) is 3. The molecule has 0 unspecified atom stereocenters. The Balaban J connectivity index is 1.60. The van der Waals surface area contributed by atoms with Crippen LogP contribution >= 0.6 is 11.3 Å². The molecule has 0 aliphatic carbocycles. The van der Waals surface area contributed by atoms with Gasteiger partial charge in [-0.05, 0) is 35.7 Å². The minimum Gasteiger partial charge on any atom is -0.378 e. The van der Waals surface area contributed by atoms with Gasteiger partial charge in [0.25, 0.3) is 5.91 Å². The Labute approximate surface area is 135 Å². The Hall–Kier alpha value is -2.01. The number of hydrogen-bond donors (Lipinski definition) is 0. The Bertz CT molecular complexity index is 614. The topological polar surface area (TPSA) is 26.8 Å². The standard InChI is InChI=1S/C17H21N3OS/c1-18(2)14-5-7-15(8-6-14)19-9-11-20(12-10-19)17(21)16-4-3-13-22-16/h3-8,13H,9-12H2,1-2H3. The van der Waals surface area contributed by atoms with Crippen LogP contribution in [0.3, 0.4) is 0 Å². The molecule has 0 atom stereocenters. The van der Waals surface area contributed by atoms with Crippen LogP contribution in [0.5, 0.6) is 0 Å². The summed E-state index contributed by atoms with van der Waals surface area (Å²) in [5.41, 5.74) is 2.43. The highest BCUT2D eigenvalue weighted by molar-refractivity contribution is 7.12. The van der Waals surface area contributed by atoms with E-state index >= 15 is 0 Å². The van der Waals surface area contributed by atoms with E-state index in [9.17, 15) is 4.79 Å². The summed E-state index contributed by atoms with van der Waals surface area (Å²) >= 11 is 1.52. The van der Waals surface area contributed by atoms with Crippen molar-refractivity contribution in [2.45, 2.75) is 0 Å². The SMILES string of the molecule is CN(C)c1ccc(N2CCN(C(=O)c3cccs3)CC2)cc1. The summed E-state index contributed by atoms with van der Waals surface area (Å²) < 4.78 is 0. The number of piperazine rings is 1. The van der Waals surface area contributed by atoms with Crippen molar-refractivity contribution in [3.05, 3.63) is 46.7 Å². The van der Waals surface area contributed by atoms with Crippen LogP contribution in [0.2, 0.25) is 0 Å². The van der Waals surface area contributed by atoms with Crippen LogP contribution in [-0.4, -0.2) is 51.1 Å². The molecule has 2 heterocycles. The molecule has 1 saturated heterocycles. The van der Waals surface area contributed by atoms with E-state index in [1.807, 2.05) is 36.5 Å². The molecule has 1 aliphatic rings. The molecule has 116 valence electrons. The van der Waals surface area contributed by atoms with Crippen molar-refractivity contribution in [1.29, 1.82) is 0 Å². The lowest BCUT2D eigenvalue weighted by molar-refractivity contribution is 0.0751. The predicted octanol–water partition coefficient (Wildman–Crippen LogP) is 2.78. The maximum atomic E-state index is 12.3. The van der Waals surface area contributed by atoms with Crippen molar-refractivity contribution in [3.8, 4) is 0 Å². The van der Waals surface area contributed by atoms with E-state index < -0.39 is 0 Å².